The highest BCUT2D eigenvalue weighted by atomic mass is 16.5. The molecule has 0 aliphatic rings. The first-order chi connectivity index (χ1) is 16.4. The number of unbranched alkanes of at least 4 members (excludes halogenated alkanes) is 1. The molecule has 0 aliphatic carbocycles. The van der Waals surface area contributed by atoms with E-state index in [9.17, 15) is 9.59 Å². The van der Waals surface area contributed by atoms with E-state index in [-0.39, 0.29) is 11.9 Å². The van der Waals surface area contributed by atoms with Crippen LogP contribution < -0.4 is 0 Å². The Balaban J connectivity index is 1.96. The van der Waals surface area contributed by atoms with Gasteiger partial charge in [-0.1, -0.05) is 68.3 Å². The lowest BCUT2D eigenvalue weighted by Gasteiger charge is -2.26. The summed E-state index contributed by atoms with van der Waals surface area (Å²) in [5, 5.41) is 3.95. The molecule has 1 amide bonds. The van der Waals surface area contributed by atoms with E-state index in [1.165, 1.54) is 7.11 Å². The Hall–Kier alpha value is -3.66. The number of rotatable bonds is 7. The molecule has 34 heavy (non-hydrogen) atoms. The number of hydrogen-bond acceptors (Lipinski definition) is 3. The van der Waals surface area contributed by atoms with Crippen molar-refractivity contribution in [1.29, 1.82) is 0 Å². The quantitative estimate of drug-likeness (QED) is 0.280. The fourth-order valence-electron chi connectivity index (χ4n) is 4.47. The zero-order valence-corrected chi connectivity index (χ0v) is 20.3. The van der Waals surface area contributed by atoms with E-state index >= 15 is 0 Å². The molecule has 4 rings (SSSR count). The molecule has 174 valence electrons. The standard InChI is InChI=1S/C30H31NO3/c1-5-6-11-20(2)31(3)29(32)27-18-23-14-9-7-12-21(23)16-25(27)26-17-22-13-8-10-15-24(22)19-28(26)30(33)34-4/h7-10,12-20H,5-6,11H2,1-4H3/t20-/m0/s1. The SMILES string of the molecule is CCCC[C@H](C)N(C)C(=O)c1cc2ccccc2cc1-c1cc2ccccc2cc1C(=O)OC. The average Bonchev–Trinajstić information content (AvgIpc) is 2.88. The topological polar surface area (TPSA) is 46.6 Å². The summed E-state index contributed by atoms with van der Waals surface area (Å²) in [5.41, 5.74) is 2.48. The number of nitrogens with zero attached hydrogens (tertiary/aromatic N) is 1. The lowest BCUT2D eigenvalue weighted by Crippen LogP contribution is -2.35. The van der Waals surface area contributed by atoms with Gasteiger partial charge in [0, 0.05) is 18.7 Å². The number of benzene rings is 4. The first-order valence-electron chi connectivity index (χ1n) is 11.9. The van der Waals surface area contributed by atoms with Crippen molar-refractivity contribution in [3.63, 3.8) is 0 Å². The van der Waals surface area contributed by atoms with E-state index in [4.69, 9.17) is 4.74 Å². The van der Waals surface area contributed by atoms with E-state index in [1.54, 1.807) is 0 Å². The van der Waals surface area contributed by atoms with Gasteiger partial charge in [0.15, 0.2) is 0 Å². The molecule has 1 atom stereocenters. The number of methoxy groups -OCH3 is 1. The summed E-state index contributed by atoms with van der Waals surface area (Å²) in [6, 6.07) is 23.8. The first kappa shape index (κ1) is 23.5. The van der Waals surface area contributed by atoms with Crippen LogP contribution in [-0.4, -0.2) is 37.0 Å². The Labute approximate surface area is 201 Å². The molecule has 0 N–H and O–H groups in total. The van der Waals surface area contributed by atoms with E-state index < -0.39 is 5.97 Å². The van der Waals surface area contributed by atoms with Crippen molar-refractivity contribution >= 4 is 33.4 Å². The summed E-state index contributed by atoms with van der Waals surface area (Å²) in [6.07, 6.45) is 3.11. The Bertz CT molecular complexity index is 1360. The van der Waals surface area contributed by atoms with Gasteiger partial charge in [0.25, 0.3) is 5.91 Å². The van der Waals surface area contributed by atoms with E-state index in [2.05, 4.69) is 13.8 Å². The van der Waals surface area contributed by atoms with Crippen molar-refractivity contribution in [2.75, 3.05) is 14.2 Å². The van der Waals surface area contributed by atoms with E-state index in [1.807, 2.05) is 84.7 Å². The normalized spacial score (nSPS) is 12.0. The van der Waals surface area contributed by atoms with Crippen LogP contribution in [0.15, 0.2) is 72.8 Å². The van der Waals surface area contributed by atoms with Gasteiger partial charge in [-0.05, 0) is 70.3 Å². The van der Waals surface area contributed by atoms with Crippen LogP contribution in [0.5, 0.6) is 0 Å². The van der Waals surface area contributed by atoms with Gasteiger partial charge in [0.05, 0.1) is 12.7 Å². The maximum atomic E-state index is 13.8. The molecule has 0 aromatic heterocycles. The second-order valence-corrected chi connectivity index (χ2v) is 8.89. The molecule has 0 aliphatic heterocycles. The molecule has 0 saturated carbocycles. The third kappa shape index (κ3) is 4.54. The molecule has 0 fully saturated rings. The third-order valence-electron chi connectivity index (χ3n) is 6.65. The van der Waals surface area contributed by atoms with Crippen molar-refractivity contribution in [3.05, 3.63) is 83.9 Å². The van der Waals surface area contributed by atoms with Crippen LogP contribution in [0, 0.1) is 0 Å². The lowest BCUT2D eigenvalue weighted by atomic mass is 9.90. The summed E-state index contributed by atoms with van der Waals surface area (Å²) in [5.74, 6) is -0.467. The highest BCUT2D eigenvalue weighted by Gasteiger charge is 2.24. The number of esters is 1. The molecule has 0 bridgehead atoms. The molecule has 0 spiro atoms. The van der Waals surface area contributed by atoms with Crippen molar-refractivity contribution in [1.82, 2.24) is 4.90 Å². The van der Waals surface area contributed by atoms with Crippen molar-refractivity contribution < 1.29 is 14.3 Å². The van der Waals surface area contributed by atoms with Crippen LogP contribution in [0.4, 0.5) is 0 Å². The highest BCUT2D eigenvalue weighted by Crippen LogP contribution is 2.35. The molecule has 0 saturated heterocycles. The Morgan fingerprint density at radius 2 is 1.29 bits per heavy atom. The summed E-state index contributed by atoms with van der Waals surface area (Å²) in [4.78, 5) is 28.5. The predicted octanol–water partition coefficient (Wildman–Crippen LogP) is 7.10. The van der Waals surface area contributed by atoms with Crippen LogP contribution in [0.2, 0.25) is 0 Å². The van der Waals surface area contributed by atoms with Crippen molar-refractivity contribution in [3.8, 4) is 11.1 Å². The number of amides is 1. The minimum absolute atomic E-state index is 0.0478. The maximum absolute atomic E-state index is 13.8. The Morgan fingerprint density at radius 1 is 0.824 bits per heavy atom. The van der Waals surface area contributed by atoms with Gasteiger partial charge in [0.1, 0.15) is 0 Å². The fraction of sp³-hybridized carbons (Fsp3) is 0.267. The minimum Gasteiger partial charge on any atom is -0.465 e. The van der Waals surface area contributed by atoms with Crippen molar-refractivity contribution in [2.24, 2.45) is 0 Å². The van der Waals surface area contributed by atoms with Gasteiger partial charge in [-0.15, -0.1) is 0 Å². The molecule has 0 heterocycles. The summed E-state index contributed by atoms with van der Waals surface area (Å²) < 4.78 is 5.13. The smallest absolute Gasteiger partial charge is 0.338 e. The summed E-state index contributed by atoms with van der Waals surface area (Å²) in [6.45, 7) is 4.24. The number of carbonyl (C=O) groups is 2. The second kappa shape index (κ2) is 10.1. The summed E-state index contributed by atoms with van der Waals surface area (Å²) in [7, 11) is 3.25. The third-order valence-corrected chi connectivity index (χ3v) is 6.65. The maximum Gasteiger partial charge on any atom is 0.338 e. The number of fused-ring (bicyclic) bond motifs is 2. The van der Waals surface area contributed by atoms with E-state index in [0.29, 0.717) is 16.7 Å². The summed E-state index contributed by atoms with van der Waals surface area (Å²) >= 11 is 0. The van der Waals surface area contributed by atoms with Crippen molar-refractivity contribution in [2.45, 2.75) is 39.2 Å². The molecule has 0 unspecified atom stereocenters. The van der Waals surface area contributed by atoms with Gasteiger partial charge in [-0.3, -0.25) is 4.79 Å². The van der Waals surface area contributed by atoms with Crippen LogP contribution in [0.1, 0.15) is 53.8 Å². The molecular formula is C30H31NO3. The lowest BCUT2D eigenvalue weighted by molar-refractivity contribution is 0.0601. The van der Waals surface area contributed by atoms with Gasteiger partial charge in [-0.2, -0.15) is 0 Å². The first-order valence-corrected chi connectivity index (χ1v) is 11.9. The van der Waals surface area contributed by atoms with Crippen LogP contribution in [0.25, 0.3) is 32.7 Å². The van der Waals surface area contributed by atoms with Crippen LogP contribution in [-0.2, 0) is 4.74 Å². The molecule has 4 heteroatoms. The zero-order chi connectivity index (χ0) is 24.2. The minimum atomic E-state index is -0.419. The Kier molecular flexibility index (Phi) is 6.97. The predicted molar refractivity (Wildman–Crippen MR) is 139 cm³/mol. The van der Waals surface area contributed by atoms with E-state index in [0.717, 1.165) is 46.4 Å². The largest absolute Gasteiger partial charge is 0.465 e. The Morgan fingerprint density at radius 3 is 1.79 bits per heavy atom. The molecule has 4 aromatic rings. The van der Waals surface area contributed by atoms with Crippen LogP contribution in [0.3, 0.4) is 0 Å². The number of ether oxygens (including phenoxy) is 1. The van der Waals surface area contributed by atoms with Crippen LogP contribution >= 0.6 is 0 Å². The molecule has 0 radical (unpaired) electrons. The number of carbonyl (C=O) groups excluding carboxylic acids is 2. The molecule has 4 nitrogen and oxygen atoms in total. The van der Waals surface area contributed by atoms with Gasteiger partial charge < -0.3 is 9.64 Å². The molecule has 4 aromatic carbocycles. The van der Waals surface area contributed by atoms with Gasteiger partial charge in [-0.25, -0.2) is 4.79 Å². The highest BCUT2D eigenvalue weighted by molar-refractivity contribution is 6.10. The van der Waals surface area contributed by atoms with Gasteiger partial charge >= 0.3 is 5.97 Å². The second-order valence-electron chi connectivity index (χ2n) is 8.89. The fourth-order valence-corrected chi connectivity index (χ4v) is 4.47. The van der Waals surface area contributed by atoms with Gasteiger partial charge in [0.2, 0.25) is 0 Å². The average molecular weight is 454 g/mol. The zero-order valence-electron chi connectivity index (χ0n) is 20.3. The monoisotopic (exact) mass is 453 g/mol. The molecular weight excluding hydrogens is 422 g/mol. The number of hydrogen-bond donors (Lipinski definition) is 0.